The van der Waals surface area contributed by atoms with Crippen LogP contribution in [0.1, 0.15) is 77.0 Å². The van der Waals surface area contributed by atoms with E-state index in [1.807, 2.05) is 0 Å². The van der Waals surface area contributed by atoms with Crippen molar-refractivity contribution in [3.63, 3.8) is 0 Å². The molecule has 3 heteroatoms. The molecule has 0 amide bonds. The molecule has 4 atom stereocenters. The fourth-order valence-corrected chi connectivity index (χ4v) is 5.50. The summed E-state index contributed by atoms with van der Waals surface area (Å²) >= 11 is 7.59. The van der Waals surface area contributed by atoms with Gasteiger partial charge in [0.15, 0.2) is 0 Å². The summed E-state index contributed by atoms with van der Waals surface area (Å²) in [6.07, 6.45) is 14.5. The standard InChI is InChI=1S/C17H28Br2O/c18-16-7-3-1-5-13(16)9-11-15(20)12-10-14-6-2-4-8-17(14)19/h13-14,16-17H,1-12H2. The first-order valence-corrected chi connectivity index (χ1v) is 10.3. The Hall–Kier alpha value is 0.630. The van der Waals surface area contributed by atoms with E-state index in [1.54, 1.807) is 0 Å². The van der Waals surface area contributed by atoms with Gasteiger partial charge in [-0.3, -0.25) is 4.79 Å². The largest absolute Gasteiger partial charge is 0.300 e. The summed E-state index contributed by atoms with van der Waals surface area (Å²) in [6, 6.07) is 0. The third kappa shape index (κ3) is 5.44. The summed E-state index contributed by atoms with van der Waals surface area (Å²) in [5.74, 6) is 1.98. The van der Waals surface area contributed by atoms with E-state index < -0.39 is 0 Å². The molecule has 2 fully saturated rings. The second kappa shape index (κ2) is 8.92. The number of carbonyl (C=O) groups excluding carboxylic acids is 1. The average Bonchev–Trinajstić information content (AvgIpc) is 2.45. The minimum atomic E-state index is 0.501. The van der Waals surface area contributed by atoms with Gasteiger partial charge in [-0.25, -0.2) is 0 Å². The monoisotopic (exact) mass is 406 g/mol. The lowest BCUT2D eigenvalue weighted by molar-refractivity contribution is -0.119. The predicted molar refractivity (Wildman–Crippen MR) is 92.8 cm³/mol. The van der Waals surface area contributed by atoms with Gasteiger partial charge in [0.05, 0.1) is 0 Å². The highest BCUT2D eigenvalue weighted by Crippen LogP contribution is 2.35. The summed E-state index contributed by atoms with van der Waals surface area (Å²) in [5, 5.41) is 0. The smallest absolute Gasteiger partial charge is 0.132 e. The van der Waals surface area contributed by atoms with Gasteiger partial charge in [0, 0.05) is 22.5 Å². The van der Waals surface area contributed by atoms with Gasteiger partial charge in [0.25, 0.3) is 0 Å². The van der Waals surface area contributed by atoms with Gasteiger partial charge < -0.3 is 0 Å². The second-order valence-electron chi connectivity index (χ2n) is 6.74. The van der Waals surface area contributed by atoms with Crippen molar-refractivity contribution in [1.29, 1.82) is 0 Å². The first-order chi connectivity index (χ1) is 9.66. The topological polar surface area (TPSA) is 17.1 Å². The number of Topliss-reactive ketones (excluding diaryl/α,β-unsaturated/α-hetero) is 1. The maximum absolute atomic E-state index is 12.1. The second-order valence-corrected chi connectivity index (χ2v) is 9.09. The van der Waals surface area contributed by atoms with Gasteiger partial charge in [-0.05, 0) is 50.4 Å². The third-order valence-electron chi connectivity index (χ3n) is 5.22. The van der Waals surface area contributed by atoms with E-state index in [0.717, 1.165) is 37.5 Å². The Labute approximate surface area is 140 Å². The van der Waals surface area contributed by atoms with Crippen molar-refractivity contribution in [1.82, 2.24) is 0 Å². The van der Waals surface area contributed by atoms with Gasteiger partial charge in [0.2, 0.25) is 0 Å². The molecule has 0 aromatic carbocycles. The maximum Gasteiger partial charge on any atom is 0.132 e. The molecule has 2 aliphatic rings. The van der Waals surface area contributed by atoms with Crippen molar-refractivity contribution in [3.8, 4) is 0 Å². The van der Waals surface area contributed by atoms with Crippen LogP contribution in [-0.4, -0.2) is 15.4 Å². The van der Waals surface area contributed by atoms with Crippen LogP contribution in [0.4, 0.5) is 0 Å². The minimum Gasteiger partial charge on any atom is -0.300 e. The van der Waals surface area contributed by atoms with Gasteiger partial charge >= 0.3 is 0 Å². The number of alkyl halides is 2. The Morgan fingerprint density at radius 1 is 0.750 bits per heavy atom. The highest BCUT2D eigenvalue weighted by Gasteiger charge is 2.25. The summed E-state index contributed by atoms with van der Waals surface area (Å²) in [5.41, 5.74) is 0. The fourth-order valence-electron chi connectivity index (χ4n) is 3.79. The van der Waals surface area contributed by atoms with Gasteiger partial charge in [0.1, 0.15) is 5.78 Å². The van der Waals surface area contributed by atoms with Crippen molar-refractivity contribution < 1.29 is 4.79 Å². The van der Waals surface area contributed by atoms with Crippen molar-refractivity contribution in [2.75, 3.05) is 0 Å². The van der Waals surface area contributed by atoms with Crippen molar-refractivity contribution in [2.24, 2.45) is 11.8 Å². The lowest BCUT2D eigenvalue weighted by Crippen LogP contribution is -2.21. The zero-order valence-corrected chi connectivity index (χ0v) is 15.6. The first kappa shape index (κ1) is 17.0. The molecular weight excluding hydrogens is 380 g/mol. The van der Waals surface area contributed by atoms with Crippen LogP contribution in [0.25, 0.3) is 0 Å². The Bertz CT molecular complexity index is 277. The normalized spacial score (nSPS) is 34.9. The highest BCUT2D eigenvalue weighted by molar-refractivity contribution is 9.09. The molecule has 2 saturated carbocycles. The SMILES string of the molecule is O=C(CCC1CCCCC1Br)CCC1CCCCC1Br. The molecule has 0 saturated heterocycles. The van der Waals surface area contributed by atoms with Crippen molar-refractivity contribution in [3.05, 3.63) is 0 Å². The first-order valence-electron chi connectivity index (χ1n) is 8.46. The zero-order valence-electron chi connectivity index (χ0n) is 12.5. The lowest BCUT2D eigenvalue weighted by Gasteiger charge is -2.28. The maximum atomic E-state index is 12.1. The van der Waals surface area contributed by atoms with Crippen LogP contribution in [0.3, 0.4) is 0 Å². The molecule has 0 aromatic rings. The van der Waals surface area contributed by atoms with Crippen LogP contribution in [0.15, 0.2) is 0 Å². The Balaban J connectivity index is 1.62. The fraction of sp³-hybridized carbons (Fsp3) is 0.941. The Morgan fingerprint density at radius 3 is 1.55 bits per heavy atom. The van der Waals surface area contributed by atoms with E-state index in [2.05, 4.69) is 31.9 Å². The summed E-state index contributed by atoms with van der Waals surface area (Å²) in [4.78, 5) is 13.4. The van der Waals surface area contributed by atoms with Gasteiger partial charge in [-0.2, -0.15) is 0 Å². The molecule has 4 unspecified atom stereocenters. The number of hydrogen-bond donors (Lipinski definition) is 0. The van der Waals surface area contributed by atoms with Crippen LogP contribution in [0.5, 0.6) is 0 Å². The van der Waals surface area contributed by atoms with Crippen LogP contribution in [-0.2, 0) is 4.79 Å². The van der Waals surface area contributed by atoms with Gasteiger partial charge in [-0.15, -0.1) is 0 Å². The average molecular weight is 408 g/mol. The number of ketones is 1. The van der Waals surface area contributed by atoms with E-state index in [1.165, 1.54) is 51.4 Å². The molecule has 0 aromatic heterocycles. The molecule has 0 N–H and O–H groups in total. The molecule has 0 radical (unpaired) electrons. The number of rotatable bonds is 6. The van der Waals surface area contributed by atoms with Crippen LogP contribution >= 0.6 is 31.9 Å². The van der Waals surface area contributed by atoms with E-state index in [0.29, 0.717) is 15.4 Å². The summed E-state index contributed by atoms with van der Waals surface area (Å²) in [6.45, 7) is 0. The zero-order chi connectivity index (χ0) is 14.4. The third-order valence-corrected chi connectivity index (χ3v) is 7.63. The van der Waals surface area contributed by atoms with E-state index in [9.17, 15) is 4.79 Å². The molecule has 0 heterocycles. The van der Waals surface area contributed by atoms with Gasteiger partial charge in [-0.1, -0.05) is 57.5 Å². The number of hydrogen-bond acceptors (Lipinski definition) is 1. The van der Waals surface area contributed by atoms with E-state index >= 15 is 0 Å². The molecule has 1 nitrogen and oxygen atoms in total. The molecule has 116 valence electrons. The minimum absolute atomic E-state index is 0.501. The summed E-state index contributed by atoms with van der Waals surface area (Å²) < 4.78 is 0. The Kier molecular flexibility index (Phi) is 7.58. The quantitative estimate of drug-likeness (QED) is 0.491. The van der Waals surface area contributed by atoms with Crippen molar-refractivity contribution in [2.45, 2.75) is 86.7 Å². The molecule has 2 aliphatic carbocycles. The predicted octanol–water partition coefficient (Wildman–Crippen LogP) is 6.02. The van der Waals surface area contributed by atoms with Crippen LogP contribution in [0.2, 0.25) is 0 Å². The highest BCUT2D eigenvalue weighted by atomic mass is 79.9. The molecule has 0 spiro atoms. The Morgan fingerprint density at radius 2 is 1.15 bits per heavy atom. The molecular formula is C17H28Br2O. The van der Waals surface area contributed by atoms with E-state index in [-0.39, 0.29) is 0 Å². The molecule has 0 bridgehead atoms. The molecule has 0 aliphatic heterocycles. The molecule has 2 rings (SSSR count). The van der Waals surface area contributed by atoms with Crippen LogP contribution < -0.4 is 0 Å². The number of halogens is 2. The van der Waals surface area contributed by atoms with Crippen LogP contribution in [0, 0.1) is 11.8 Å². The summed E-state index contributed by atoms with van der Waals surface area (Å²) in [7, 11) is 0. The molecule has 20 heavy (non-hydrogen) atoms. The van der Waals surface area contributed by atoms with Crippen molar-refractivity contribution >= 4 is 37.6 Å². The number of carbonyl (C=O) groups is 1. The lowest BCUT2D eigenvalue weighted by atomic mass is 9.83. The van der Waals surface area contributed by atoms with E-state index in [4.69, 9.17) is 0 Å².